The van der Waals surface area contributed by atoms with Crippen LogP contribution in [0, 0.1) is 0 Å². The van der Waals surface area contributed by atoms with E-state index in [1.54, 1.807) is 20.8 Å². The van der Waals surface area contributed by atoms with E-state index < -0.39 is 17.7 Å². The molecule has 1 N–H and O–H groups in total. The van der Waals surface area contributed by atoms with Crippen molar-refractivity contribution < 1.29 is 49.0 Å². The molecule has 0 atom stereocenters. The van der Waals surface area contributed by atoms with Gasteiger partial charge in [0.25, 0.3) is 0 Å². The molecule has 1 aromatic rings. The predicted molar refractivity (Wildman–Crippen MR) is 64.4 cm³/mol. The minimum atomic E-state index is -1.29. The Kier molecular flexibility index (Phi) is 7.58. The molecule has 0 aliphatic rings. The summed E-state index contributed by atoms with van der Waals surface area (Å²) >= 11 is 1.22. The largest absolute Gasteiger partial charge is 1.00 e. The summed E-state index contributed by atoms with van der Waals surface area (Å²) < 4.78 is 5.05. The quantitative estimate of drug-likeness (QED) is 0.624. The van der Waals surface area contributed by atoms with Gasteiger partial charge in [-0.05, 0) is 20.8 Å². The van der Waals surface area contributed by atoms with Gasteiger partial charge in [-0.25, -0.2) is 9.78 Å². The Morgan fingerprint density at radius 3 is 2.58 bits per heavy atom. The Morgan fingerprint density at radius 2 is 2.11 bits per heavy atom. The molecule has 0 saturated carbocycles. The number of hydrogen-bond donors (Lipinski definition) is 1. The third kappa shape index (κ3) is 7.51. The Morgan fingerprint density at radius 1 is 1.47 bits per heavy atom. The van der Waals surface area contributed by atoms with Gasteiger partial charge in [-0.3, -0.25) is 0 Å². The third-order valence-corrected chi connectivity index (χ3v) is 2.68. The van der Waals surface area contributed by atoms with Gasteiger partial charge < -0.3 is 20.0 Å². The molecule has 1 aromatic heterocycles. The van der Waals surface area contributed by atoms with E-state index in [1.807, 2.05) is 0 Å². The second kappa shape index (κ2) is 7.84. The molecule has 1 amide bonds. The minimum absolute atomic E-state index is 0. The van der Waals surface area contributed by atoms with Crippen LogP contribution in [0.4, 0.5) is 4.79 Å². The summed E-state index contributed by atoms with van der Waals surface area (Å²) in [6, 6.07) is 0. The molecule has 0 spiro atoms. The van der Waals surface area contributed by atoms with Gasteiger partial charge in [-0.1, -0.05) is 0 Å². The SMILES string of the molecule is CC(C)(C)OC(=O)NCCc1nc(C(=O)[O-])cs1.[Na+]. The fourth-order valence-electron chi connectivity index (χ4n) is 1.11. The van der Waals surface area contributed by atoms with Crippen LogP contribution in [0.2, 0.25) is 0 Å². The van der Waals surface area contributed by atoms with Crippen molar-refractivity contribution in [1.29, 1.82) is 0 Å². The van der Waals surface area contributed by atoms with Gasteiger partial charge in [0.15, 0.2) is 0 Å². The van der Waals surface area contributed by atoms with Gasteiger partial charge in [0.2, 0.25) is 0 Å². The van der Waals surface area contributed by atoms with Gasteiger partial charge >= 0.3 is 35.7 Å². The number of carbonyl (C=O) groups is 2. The van der Waals surface area contributed by atoms with E-state index in [1.165, 1.54) is 16.7 Å². The van der Waals surface area contributed by atoms with Gasteiger partial charge in [0.1, 0.15) is 5.60 Å². The molecular weight excluding hydrogens is 279 g/mol. The average molecular weight is 294 g/mol. The van der Waals surface area contributed by atoms with Crippen LogP contribution in [0.5, 0.6) is 0 Å². The van der Waals surface area contributed by atoms with Crippen LogP contribution in [0.25, 0.3) is 0 Å². The van der Waals surface area contributed by atoms with Crippen LogP contribution in [-0.2, 0) is 11.2 Å². The summed E-state index contributed by atoms with van der Waals surface area (Å²) in [5.41, 5.74) is -0.611. The fourth-order valence-corrected chi connectivity index (χ4v) is 1.87. The van der Waals surface area contributed by atoms with Crippen molar-refractivity contribution in [1.82, 2.24) is 10.3 Å². The van der Waals surface area contributed by atoms with Gasteiger partial charge in [-0.15, -0.1) is 11.3 Å². The number of amides is 1. The molecule has 0 saturated heterocycles. The van der Waals surface area contributed by atoms with Crippen LogP contribution in [-0.4, -0.2) is 29.2 Å². The zero-order valence-corrected chi connectivity index (χ0v) is 14.3. The molecule has 0 bridgehead atoms. The summed E-state index contributed by atoms with van der Waals surface area (Å²) in [6.07, 6.45) is -0.0452. The maximum absolute atomic E-state index is 11.3. The number of carboxylic acids is 1. The number of nitrogens with zero attached hydrogens (tertiary/aromatic N) is 1. The number of hydrogen-bond acceptors (Lipinski definition) is 6. The second-order valence-electron chi connectivity index (χ2n) is 4.59. The molecule has 1 heterocycles. The molecule has 0 unspecified atom stereocenters. The first-order valence-electron chi connectivity index (χ1n) is 5.40. The zero-order valence-electron chi connectivity index (χ0n) is 11.5. The number of aromatic nitrogens is 1. The van der Waals surface area contributed by atoms with Gasteiger partial charge in [-0.2, -0.15) is 0 Å². The molecule has 6 nitrogen and oxygen atoms in total. The maximum atomic E-state index is 11.3. The second-order valence-corrected chi connectivity index (χ2v) is 5.54. The van der Waals surface area contributed by atoms with Crippen molar-refractivity contribution >= 4 is 23.4 Å². The van der Waals surface area contributed by atoms with E-state index in [4.69, 9.17) is 4.74 Å². The topological polar surface area (TPSA) is 91.3 Å². The van der Waals surface area contributed by atoms with E-state index in [0.717, 1.165) is 0 Å². The Balaban J connectivity index is 0.00000324. The van der Waals surface area contributed by atoms with Crippen LogP contribution in [0.1, 0.15) is 36.3 Å². The van der Waals surface area contributed by atoms with Gasteiger partial charge in [0.05, 0.1) is 16.7 Å². The first-order chi connectivity index (χ1) is 8.28. The maximum Gasteiger partial charge on any atom is 1.00 e. The molecule has 1 rings (SSSR count). The molecule has 0 radical (unpaired) electrons. The molecular formula is C11H15N2NaO4S. The standard InChI is InChI=1S/C11H16N2O4S.Na/c1-11(2,3)17-10(16)12-5-4-8-13-7(6-18-8)9(14)15;/h6H,4-5H2,1-3H3,(H,12,16)(H,14,15);/q;+1/p-1. The number of rotatable bonds is 4. The van der Waals surface area contributed by atoms with Crippen molar-refractivity contribution in [2.45, 2.75) is 32.8 Å². The van der Waals surface area contributed by atoms with Crippen LogP contribution >= 0.6 is 11.3 Å². The van der Waals surface area contributed by atoms with E-state index in [9.17, 15) is 14.7 Å². The van der Waals surface area contributed by atoms with E-state index >= 15 is 0 Å². The molecule has 19 heavy (non-hydrogen) atoms. The zero-order chi connectivity index (χ0) is 13.8. The molecule has 100 valence electrons. The molecule has 0 fully saturated rings. The van der Waals surface area contributed by atoms with Crippen molar-refractivity contribution in [2.24, 2.45) is 0 Å². The first-order valence-corrected chi connectivity index (χ1v) is 6.28. The average Bonchev–Trinajstić information content (AvgIpc) is 2.63. The Bertz CT molecular complexity index is 442. The minimum Gasteiger partial charge on any atom is -0.543 e. The van der Waals surface area contributed by atoms with Crippen LogP contribution in [0.3, 0.4) is 0 Å². The van der Waals surface area contributed by atoms with Crippen molar-refractivity contribution in [2.75, 3.05) is 6.54 Å². The van der Waals surface area contributed by atoms with Crippen molar-refractivity contribution in [3.63, 3.8) is 0 Å². The molecule has 0 aliphatic carbocycles. The van der Waals surface area contributed by atoms with Crippen molar-refractivity contribution in [3.8, 4) is 0 Å². The molecule has 0 aromatic carbocycles. The van der Waals surface area contributed by atoms with Gasteiger partial charge in [0, 0.05) is 18.3 Å². The van der Waals surface area contributed by atoms with E-state index in [-0.39, 0.29) is 35.3 Å². The first kappa shape index (κ1) is 18.4. The number of carbonyl (C=O) groups excluding carboxylic acids is 2. The van der Waals surface area contributed by atoms with E-state index in [2.05, 4.69) is 10.3 Å². The number of thiazole rings is 1. The summed E-state index contributed by atoms with van der Waals surface area (Å²) in [4.78, 5) is 25.6. The summed E-state index contributed by atoms with van der Waals surface area (Å²) in [5, 5.41) is 15.1. The normalized spacial score (nSPS) is 10.5. The van der Waals surface area contributed by atoms with Crippen LogP contribution in [0.15, 0.2) is 5.38 Å². The summed E-state index contributed by atoms with van der Waals surface area (Å²) in [5.74, 6) is -1.29. The number of carboxylic acid groups (broad SMARTS) is 1. The van der Waals surface area contributed by atoms with Crippen molar-refractivity contribution in [3.05, 3.63) is 16.1 Å². The Hall–Kier alpha value is -0.630. The fraction of sp³-hybridized carbons (Fsp3) is 0.545. The van der Waals surface area contributed by atoms with E-state index in [0.29, 0.717) is 18.0 Å². The summed E-state index contributed by atoms with van der Waals surface area (Å²) in [7, 11) is 0. The number of aromatic carboxylic acids is 1. The Labute approximate surface area is 137 Å². The molecule has 0 aliphatic heterocycles. The predicted octanol–water partition coefficient (Wildman–Crippen LogP) is -2.42. The third-order valence-electron chi connectivity index (χ3n) is 1.77. The number of ether oxygens (including phenoxy) is 1. The monoisotopic (exact) mass is 294 g/mol. The van der Waals surface area contributed by atoms with Crippen LogP contribution < -0.4 is 40.0 Å². The summed E-state index contributed by atoms with van der Waals surface area (Å²) in [6.45, 7) is 5.67. The number of alkyl carbamates (subject to hydrolysis) is 1. The molecule has 8 heteroatoms. The smallest absolute Gasteiger partial charge is 0.543 e. The number of nitrogens with one attached hydrogen (secondary N) is 1.